The van der Waals surface area contributed by atoms with Gasteiger partial charge in [0.25, 0.3) is 0 Å². The maximum atomic E-state index is 11.3. The molecule has 1 saturated heterocycles. The molecular formula is C10H18N2O. The second kappa shape index (κ2) is 3.66. The van der Waals surface area contributed by atoms with Crippen LogP contribution >= 0.6 is 0 Å². The Labute approximate surface area is 79.3 Å². The van der Waals surface area contributed by atoms with Crippen molar-refractivity contribution in [1.82, 2.24) is 4.90 Å². The lowest BCUT2D eigenvalue weighted by Crippen LogP contribution is -2.31. The Morgan fingerprint density at radius 2 is 2.23 bits per heavy atom. The van der Waals surface area contributed by atoms with Gasteiger partial charge in [-0.1, -0.05) is 19.3 Å². The standard InChI is InChI=1S/C10H18N2O/c11-9-6-10(13)12(7-9)5-4-8-2-1-3-8/h8-9H,1-7,11H2. The van der Waals surface area contributed by atoms with Crippen LogP contribution < -0.4 is 5.73 Å². The molecule has 2 rings (SSSR count). The molecule has 1 heterocycles. The summed E-state index contributed by atoms with van der Waals surface area (Å²) in [5.41, 5.74) is 5.71. The van der Waals surface area contributed by atoms with Crippen molar-refractivity contribution < 1.29 is 4.79 Å². The average molecular weight is 182 g/mol. The Morgan fingerprint density at radius 3 is 2.69 bits per heavy atom. The molecule has 1 atom stereocenters. The predicted molar refractivity (Wildman–Crippen MR) is 51.1 cm³/mol. The molecule has 0 spiro atoms. The summed E-state index contributed by atoms with van der Waals surface area (Å²) in [6, 6.07) is 0.0916. The minimum atomic E-state index is 0.0916. The highest BCUT2D eigenvalue weighted by molar-refractivity contribution is 5.79. The summed E-state index contributed by atoms with van der Waals surface area (Å²) in [6.45, 7) is 1.72. The second-order valence-corrected chi connectivity index (χ2v) is 4.39. The Bertz CT molecular complexity index is 201. The second-order valence-electron chi connectivity index (χ2n) is 4.39. The lowest BCUT2D eigenvalue weighted by atomic mass is 9.83. The summed E-state index contributed by atoms with van der Waals surface area (Å²) >= 11 is 0. The van der Waals surface area contributed by atoms with E-state index in [0.717, 1.165) is 19.0 Å². The van der Waals surface area contributed by atoms with E-state index in [1.807, 2.05) is 4.90 Å². The van der Waals surface area contributed by atoms with Crippen LogP contribution in [0.3, 0.4) is 0 Å². The summed E-state index contributed by atoms with van der Waals surface area (Å²) in [5.74, 6) is 1.15. The molecule has 3 nitrogen and oxygen atoms in total. The lowest BCUT2D eigenvalue weighted by molar-refractivity contribution is -0.127. The van der Waals surface area contributed by atoms with Gasteiger partial charge in [0.15, 0.2) is 0 Å². The molecule has 0 aromatic heterocycles. The normalized spacial score (nSPS) is 29.5. The van der Waals surface area contributed by atoms with Crippen LogP contribution in [0, 0.1) is 5.92 Å². The van der Waals surface area contributed by atoms with Crippen LogP contribution in [-0.4, -0.2) is 29.9 Å². The van der Waals surface area contributed by atoms with Gasteiger partial charge in [0.1, 0.15) is 0 Å². The molecule has 2 aliphatic rings. The van der Waals surface area contributed by atoms with Crippen molar-refractivity contribution in [2.24, 2.45) is 11.7 Å². The van der Waals surface area contributed by atoms with E-state index in [4.69, 9.17) is 5.73 Å². The topological polar surface area (TPSA) is 46.3 Å². The third-order valence-electron chi connectivity index (χ3n) is 3.28. The first-order valence-corrected chi connectivity index (χ1v) is 5.29. The maximum Gasteiger partial charge on any atom is 0.224 e. The number of carbonyl (C=O) groups is 1. The van der Waals surface area contributed by atoms with Gasteiger partial charge in [-0.25, -0.2) is 0 Å². The third kappa shape index (κ3) is 2.02. The predicted octanol–water partition coefficient (Wildman–Crippen LogP) is 0.736. The smallest absolute Gasteiger partial charge is 0.224 e. The molecule has 1 amide bonds. The number of nitrogens with two attached hydrogens (primary N) is 1. The molecule has 3 heteroatoms. The molecule has 1 aliphatic heterocycles. The number of amides is 1. The Kier molecular flexibility index (Phi) is 2.54. The molecule has 0 aromatic rings. The first kappa shape index (κ1) is 9.00. The Balaban J connectivity index is 1.71. The molecule has 1 unspecified atom stereocenters. The average Bonchev–Trinajstić information content (AvgIpc) is 2.27. The Morgan fingerprint density at radius 1 is 1.46 bits per heavy atom. The number of likely N-dealkylation sites (tertiary alicyclic amines) is 1. The van der Waals surface area contributed by atoms with Crippen molar-refractivity contribution in [1.29, 1.82) is 0 Å². The van der Waals surface area contributed by atoms with Crippen LogP contribution in [0.1, 0.15) is 32.1 Å². The molecule has 1 aliphatic carbocycles. The van der Waals surface area contributed by atoms with E-state index in [-0.39, 0.29) is 11.9 Å². The fourth-order valence-corrected chi connectivity index (χ4v) is 2.14. The molecular weight excluding hydrogens is 164 g/mol. The summed E-state index contributed by atoms with van der Waals surface area (Å²) in [4.78, 5) is 13.3. The molecule has 0 radical (unpaired) electrons. The van der Waals surface area contributed by atoms with Gasteiger partial charge in [-0.05, 0) is 12.3 Å². The zero-order valence-electron chi connectivity index (χ0n) is 8.04. The van der Waals surface area contributed by atoms with Gasteiger partial charge in [-0.2, -0.15) is 0 Å². The SMILES string of the molecule is NC1CC(=O)N(CCC2CCC2)C1. The minimum absolute atomic E-state index is 0.0916. The van der Waals surface area contributed by atoms with Crippen LogP contribution in [0.2, 0.25) is 0 Å². The highest BCUT2D eigenvalue weighted by Gasteiger charge is 2.27. The monoisotopic (exact) mass is 182 g/mol. The quantitative estimate of drug-likeness (QED) is 0.699. The molecule has 1 saturated carbocycles. The highest BCUT2D eigenvalue weighted by atomic mass is 16.2. The van der Waals surface area contributed by atoms with Crippen molar-refractivity contribution >= 4 is 5.91 Å². The van der Waals surface area contributed by atoms with Crippen LogP contribution in [0.25, 0.3) is 0 Å². The van der Waals surface area contributed by atoms with Gasteiger partial charge in [0, 0.05) is 25.6 Å². The van der Waals surface area contributed by atoms with Crippen LogP contribution in [0.15, 0.2) is 0 Å². The summed E-state index contributed by atoms with van der Waals surface area (Å²) in [6.07, 6.45) is 5.88. The van der Waals surface area contributed by atoms with Crippen LogP contribution in [0.5, 0.6) is 0 Å². The fraction of sp³-hybridized carbons (Fsp3) is 0.900. The molecule has 0 bridgehead atoms. The van der Waals surface area contributed by atoms with E-state index in [1.54, 1.807) is 0 Å². The number of carbonyl (C=O) groups excluding carboxylic acids is 1. The van der Waals surface area contributed by atoms with E-state index in [1.165, 1.54) is 25.7 Å². The van der Waals surface area contributed by atoms with Gasteiger partial charge in [0.2, 0.25) is 5.91 Å². The minimum Gasteiger partial charge on any atom is -0.341 e. The summed E-state index contributed by atoms with van der Waals surface area (Å²) in [7, 11) is 0. The first-order valence-electron chi connectivity index (χ1n) is 5.29. The van der Waals surface area contributed by atoms with E-state index in [9.17, 15) is 4.79 Å². The van der Waals surface area contributed by atoms with Crippen molar-refractivity contribution in [3.8, 4) is 0 Å². The Hall–Kier alpha value is -0.570. The van der Waals surface area contributed by atoms with Crippen LogP contribution in [-0.2, 0) is 4.79 Å². The van der Waals surface area contributed by atoms with E-state index < -0.39 is 0 Å². The van der Waals surface area contributed by atoms with E-state index in [2.05, 4.69) is 0 Å². The number of hydrogen-bond acceptors (Lipinski definition) is 2. The molecule has 74 valence electrons. The number of rotatable bonds is 3. The summed E-state index contributed by atoms with van der Waals surface area (Å²) in [5, 5.41) is 0. The first-order chi connectivity index (χ1) is 6.25. The number of nitrogens with zero attached hydrogens (tertiary/aromatic N) is 1. The van der Waals surface area contributed by atoms with Crippen molar-refractivity contribution in [3.05, 3.63) is 0 Å². The van der Waals surface area contributed by atoms with Crippen molar-refractivity contribution in [2.75, 3.05) is 13.1 Å². The van der Waals surface area contributed by atoms with E-state index in [0.29, 0.717) is 6.42 Å². The molecule has 2 N–H and O–H groups in total. The van der Waals surface area contributed by atoms with Crippen molar-refractivity contribution in [3.63, 3.8) is 0 Å². The van der Waals surface area contributed by atoms with Gasteiger partial charge in [-0.3, -0.25) is 4.79 Å². The van der Waals surface area contributed by atoms with Gasteiger partial charge in [0.05, 0.1) is 0 Å². The zero-order valence-corrected chi connectivity index (χ0v) is 8.04. The van der Waals surface area contributed by atoms with Crippen LogP contribution in [0.4, 0.5) is 0 Å². The number of hydrogen-bond donors (Lipinski definition) is 1. The molecule has 2 fully saturated rings. The maximum absolute atomic E-state index is 11.3. The van der Waals surface area contributed by atoms with E-state index >= 15 is 0 Å². The zero-order chi connectivity index (χ0) is 9.26. The fourth-order valence-electron chi connectivity index (χ4n) is 2.14. The van der Waals surface area contributed by atoms with Crippen molar-refractivity contribution in [2.45, 2.75) is 38.1 Å². The lowest BCUT2D eigenvalue weighted by Gasteiger charge is -2.27. The third-order valence-corrected chi connectivity index (χ3v) is 3.28. The molecule has 13 heavy (non-hydrogen) atoms. The van der Waals surface area contributed by atoms with Gasteiger partial charge < -0.3 is 10.6 Å². The van der Waals surface area contributed by atoms with Gasteiger partial charge in [-0.15, -0.1) is 0 Å². The summed E-state index contributed by atoms with van der Waals surface area (Å²) < 4.78 is 0. The largest absolute Gasteiger partial charge is 0.341 e. The highest BCUT2D eigenvalue weighted by Crippen LogP contribution is 2.29. The molecule has 0 aromatic carbocycles. The van der Waals surface area contributed by atoms with Gasteiger partial charge >= 0.3 is 0 Å².